The van der Waals surface area contributed by atoms with Crippen molar-refractivity contribution in [2.75, 3.05) is 31.7 Å². The second-order valence-corrected chi connectivity index (χ2v) is 5.57. The van der Waals surface area contributed by atoms with Gasteiger partial charge in [-0.2, -0.15) is 0 Å². The van der Waals surface area contributed by atoms with Gasteiger partial charge in [0, 0.05) is 50.9 Å². The zero-order chi connectivity index (χ0) is 14.8. The molecule has 0 unspecified atom stereocenters. The van der Waals surface area contributed by atoms with Gasteiger partial charge in [-0.3, -0.25) is 0 Å². The first-order valence-corrected chi connectivity index (χ1v) is 6.90. The monoisotopic (exact) mass is 283 g/mol. The number of halogens is 1. The third-order valence-corrected chi connectivity index (χ3v) is 3.81. The highest BCUT2D eigenvalue weighted by molar-refractivity contribution is 5.54. The number of aliphatic hydroxyl groups excluding tert-OH is 1. The molecule has 1 aromatic carbocycles. The molecule has 0 saturated carbocycles. The summed E-state index contributed by atoms with van der Waals surface area (Å²) in [7, 11) is 1.84. The molecule has 0 bridgehead atoms. The van der Waals surface area contributed by atoms with Crippen molar-refractivity contribution < 1.29 is 19.3 Å². The van der Waals surface area contributed by atoms with Crippen molar-refractivity contribution in [3.8, 4) is 0 Å². The summed E-state index contributed by atoms with van der Waals surface area (Å²) in [5.41, 5.74) is 0.474. The predicted octanol–water partition coefficient (Wildman–Crippen LogP) is 1.86. The molecule has 0 spiro atoms. The third kappa shape index (κ3) is 3.48. The summed E-state index contributed by atoms with van der Waals surface area (Å²) in [5, 5.41) is 20.3. The standard InChI is InChI=1S/C15H22FNO3/c1-11(18)13-9-12(16)3-4-14(13)17(2)10-15(19)5-7-20-8-6-15/h3-4,9,11,18-19H,5-8,10H2,1-2H3/t11-/m0/s1. The van der Waals surface area contributed by atoms with Crippen LogP contribution in [0.3, 0.4) is 0 Å². The molecule has 1 aliphatic rings. The fourth-order valence-corrected chi connectivity index (χ4v) is 2.64. The minimum Gasteiger partial charge on any atom is -0.389 e. The fourth-order valence-electron chi connectivity index (χ4n) is 2.64. The van der Waals surface area contributed by atoms with Crippen molar-refractivity contribution in [2.45, 2.75) is 31.5 Å². The van der Waals surface area contributed by atoms with E-state index in [-0.39, 0.29) is 5.82 Å². The number of aliphatic hydroxyl groups is 2. The van der Waals surface area contributed by atoms with Gasteiger partial charge in [-0.25, -0.2) is 4.39 Å². The molecule has 1 saturated heterocycles. The van der Waals surface area contributed by atoms with E-state index in [2.05, 4.69) is 0 Å². The maximum absolute atomic E-state index is 13.3. The zero-order valence-corrected chi connectivity index (χ0v) is 12.0. The van der Waals surface area contributed by atoms with Crippen LogP contribution < -0.4 is 4.90 Å². The van der Waals surface area contributed by atoms with Crippen LogP contribution >= 0.6 is 0 Å². The molecule has 2 N–H and O–H groups in total. The maximum atomic E-state index is 13.3. The average Bonchev–Trinajstić information content (AvgIpc) is 2.38. The van der Waals surface area contributed by atoms with Crippen LogP contribution in [0.1, 0.15) is 31.4 Å². The zero-order valence-electron chi connectivity index (χ0n) is 12.0. The Morgan fingerprint density at radius 3 is 2.65 bits per heavy atom. The molecule has 1 fully saturated rings. The molecule has 112 valence electrons. The van der Waals surface area contributed by atoms with Crippen LogP contribution in [0.2, 0.25) is 0 Å². The lowest BCUT2D eigenvalue weighted by Crippen LogP contribution is -2.46. The highest BCUT2D eigenvalue weighted by Gasteiger charge is 2.31. The minimum absolute atomic E-state index is 0.372. The van der Waals surface area contributed by atoms with Crippen LogP contribution in [0.5, 0.6) is 0 Å². The van der Waals surface area contributed by atoms with E-state index in [9.17, 15) is 14.6 Å². The van der Waals surface area contributed by atoms with E-state index in [0.717, 1.165) is 5.69 Å². The Hall–Kier alpha value is -1.17. The second kappa shape index (κ2) is 6.08. The average molecular weight is 283 g/mol. The van der Waals surface area contributed by atoms with Gasteiger partial charge in [0.05, 0.1) is 11.7 Å². The van der Waals surface area contributed by atoms with Crippen LogP contribution in [0, 0.1) is 5.82 Å². The van der Waals surface area contributed by atoms with Crippen LogP contribution in [0.15, 0.2) is 18.2 Å². The lowest BCUT2D eigenvalue weighted by molar-refractivity contribution is -0.0573. The SMILES string of the molecule is C[C@H](O)c1cc(F)ccc1N(C)CC1(O)CCOCC1. The quantitative estimate of drug-likeness (QED) is 0.885. The van der Waals surface area contributed by atoms with Crippen LogP contribution in [0.25, 0.3) is 0 Å². The molecule has 2 rings (SSSR count). The number of nitrogens with zero attached hydrogens (tertiary/aromatic N) is 1. The predicted molar refractivity (Wildman–Crippen MR) is 75.3 cm³/mol. The van der Waals surface area contributed by atoms with Crippen molar-refractivity contribution in [3.05, 3.63) is 29.6 Å². The first kappa shape index (κ1) is 15.2. The topological polar surface area (TPSA) is 52.9 Å². The number of rotatable bonds is 4. The number of likely N-dealkylation sites (N-methyl/N-ethyl adjacent to an activating group) is 1. The van der Waals surface area contributed by atoms with Crippen molar-refractivity contribution in [1.82, 2.24) is 0 Å². The smallest absolute Gasteiger partial charge is 0.123 e. The summed E-state index contributed by atoms with van der Waals surface area (Å²) in [6.45, 7) is 3.14. The molecule has 5 heteroatoms. The molecule has 0 aliphatic carbocycles. The second-order valence-electron chi connectivity index (χ2n) is 5.57. The Morgan fingerprint density at radius 1 is 1.40 bits per heavy atom. The first-order chi connectivity index (χ1) is 9.41. The third-order valence-electron chi connectivity index (χ3n) is 3.81. The molecule has 1 atom stereocenters. The van der Waals surface area contributed by atoms with Crippen molar-refractivity contribution in [3.63, 3.8) is 0 Å². The number of hydrogen-bond donors (Lipinski definition) is 2. The summed E-state index contributed by atoms with van der Waals surface area (Å²) in [6.07, 6.45) is 0.415. The van der Waals surface area contributed by atoms with Crippen LogP contribution in [-0.2, 0) is 4.74 Å². The highest BCUT2D eigenvalue weighted by atomic mass is 19.1. The van der Waals surface area contributed by atoms with Gasteiger partial charge in [0.25, 0.3) is 0 Å². The molecule has 1 aliphatic heterocycles. The van der Waals surface area contributed by atoms with E-state index in [1.807, 2.05) is 11.9 Å². The maximum Gasteiger partial charge on any atom is 0.123 e. The van der Waals surface area contributed by atoms with Gasteiger partial charge in [-0.15, -0.1) is 0 Å². The molecule has 4 nitrogen and oxygen atoms in total. The molecular formula is C15H22FNO3. The Morgan fingerprint density at radius 2 is 2.05 bits per heavy atom. The van der Waals surface area contributed by atoms with E-state index < -0.39 is 11.7 Å². The Balaban J connectivity index is 2.18. The summed E-state index contributed by atoms with van der Waals surface area (Å²) in [6, 6.07) is 4.34. The van der Waals surface area contributed by atoms with Gasteiger partial charge in [-0.1, -0.05) is 0 Å². The normalized spacial score (nSPS) is 19.6. The lowest BCUT2D eigenvalue weighted by Gasteiger charge is -2.37. The van der Waals surface area contributed by atoms with Crippen molar-refractivity contribution >= 4 is 5.69 Å². The Kier molecular flexibility index (Phi) is 4.62. The van der Waals surface area contributed by atoms with Crippen LogP contribution in [-0.4, -0.2) is 42.6 Å². The first-order valence-electron chi connectivity index (χ1n) is 6.90. The number of ether oxygens (including phenoxy) is 1. The summed E-state index contributed by atoms with van der Waals surface area (Å²) < 4.78 is 18.6. The van der Waals surface area contributed by atoms with Gasteiger partial charge in [0.2, 0.25) is 0 Å². The Bertz CT molecular complexity index is 458. The summed E-state index contributed by atoms with van der Waals surface area (Å²) >= 11 is 0. The van der Waals surface area contributed by atoms with E-state index in [1.54, 1.807) is 13.0 Å². The van der Waals surface area contributed by atoms with Crippen molar-refractivity contribution in [2.24, 2.45) is 0 Å². The summed E-state index contributed by atoms with van der Waals surface area (Å²) in [5.74, 6) is -0.372. The number of benzene rings is 1. The van der Waals surface area contributed by atoms with Crippen molar-refractivity contribution in [1.29, 1.82) is 0 Å². The number of anilines is 1. The lowest BCUT2D eigenvalue weighted by atomic mass is 9.93. The fraction of sp³-hybridized carbons (Fsp3) is 0.600. The molecular weight excluding hydrogens is 261 g/mol. The molecule has 0 aromatic heterocycles. The minimum atomic E-state index is -0.794. The van der Waals surface area contributed by atoms with Gasteiger partial charge < -0.3 is 19.8 Å². The highest BCUT2D eigenvalue weighted by Crippen LogP contribution is 2.29. The van der Waals surface area contributed by atoms with Gasteiger partial charge in [0.15, 0.2) is 0 Å². The Labute approximate surface area is 118 Å². The van der Waals surface area contributed by atoms with E-state index in [0.29, 0.717) is 38.2 Å². The van der Waals surface area contributed by atoms with E-state index in [1.165, 1.54) is 12.1 Å². The number of hydrogen-bond acceptors (Lipinski definition) is 4. The largest absolute Gasteiger partial charge is 0.389 e. The molecule has 1 aromatic rings. The van der Waals surface area contributed by atoms with Gasteiger partial charge in [0.1, 0.15) is 5.82 Å². The van der Waals surface area contributed by atoms with E-state index >= 15 is 0 Å². The molecule has 0 amide bonds. The molecule has 1 heterocycles. The van der Waals surface area contributed by atoms with E-state index in [4.69, 9.17) is 4.74 Å². The van der Waals surface area contributed by atoms with Gasteiger partial charge >= 0.3 is 0 Å². The van der Waals surface area contributed by atoms with Gasteiger partial charge in [-0.05, 0) is 25.1 Å². The molecule has 20 heavy (non-hydrogen) atoms. The molecule has 0 radical (unpaired) electrons. The van der Waals surface area contributed by atoms with Crippen LogP contribution in [0.4, 0.5) is 10.1 Å². The summed E-state index contributed by atoms with van der Waals surface area (Å²) in [4.78, 5) is 1.87.